The second kappa shape index (κ2) is 15.9. The molecule has 4 aromatic rings. The van der Waals surface area contributed by atoms with E-state index < -0.39 is 0 Å². The number of nitrogens with zero attached hydrogens (tertiary/aromatic N) is 4. The van der Waals surface area contributed by atoms with E-state index in [2.05, 4.69) is 98.0 Å². The summed E-state index contributed by atoms with van der Waals surface area (Å²) in [4.78, 5) is 12.4. The third-order valence-corrected chi connectivity index (χ3v) is 9.03. The fraction of sp³-hybridized carbons (Fsp3) is 0.424. The van der Waals surface area contributed by atoms with Crippen molar-refractivity contribution in [1.82, 2.24) is 19.4 Å². The summed E-state index contributed by atoms with van der Waals surface area (Å²) in [5.41, 5.74) is 4.68. The monoisotopic (exact) mass is 610 g/mol. The molecule has 0 unspecified atom stereocenters. The second-order valence-electron chi connectivity index (χ2n) is 10.8. The lowest BCUT2D eigenvalue weighted by molar-refractivity contribution is 0.322. The lowest BCUT2D eigenvalue weighted by Gasteiger charge is -2.13. The molecule has 0 spiro atoms. The Morgan fingerprint density at radius 1 is 0.878 bits per heavy atom. The number of aromatic nitrogens is 2. The van der Waals surface area contributed by atoms with Gasteiger partial charge in [0.05, 0.1) is 12.1 Å². The van der Waals surface area contributed by atoms with Crippen molar-refractivity contribution in [3.63, 3.8) is 0 Å². The second-order valence-corrected chi connectivity index (χ2v) is 13.5. The molecule has 0 aliphatic rings. The molecule has 5 nitrogen and oxygen atoms in total. The summed E-state index contributed by atoms with van der Waals surface area (Å²) in [5, 5.41) is 0.758. The van der Waals surface area contributed by atoms with Crippen molar-refractivity contribution in [3.8, 4) is 17.1 Å². The zero-order valence-corrected chi connectivity index (χ0v) is 27.4. The third kappa shape index (κ3) is 9.42. The lowest BCUT2D eigenvalue weighted by Crippen LogP contribution is -2.15. The molecule has 1 heterocycles. The fourth-order valence-corrected chi connectivity index (χ4v) is 6.91. The van der Waals surface area contributed by atoms with Gasteiger partial charge in [0.25, 0.3) is 0 Å². The van der Waals surface area contributed by atoms with Crippen molar-refractivity contribution in [2.45, 2.75) is 42.5 Å². The summed E-state index contributed by atoms with van der Waals surface area (Å²) in [6.07, 6.45) is 3.10. The number of fused-ring (bicyclic) bond motifs is 1. The van der Waals surface area contributed by atoms with Crippen molar-refractivity contribution >= 4 is 46.2 Å². The molecule has 0 atom stereocenters. The number of aryl methyl sites for hydroxylation is 1. The highest BCUT2D eigenvalue weighted by Crippen LogP contribution is 2.36. The highest BCUT2D eigenvalue weighted by atomic mass is 35.5. The number of thioether (sulfide) groups is 2. The Hall–Kier alpha value is -2.16. The van der Waals surface area contributed by atoms with Crippen LogP contribution in [0.4, 0.5) is 0 Å². The number of rotatable bonds is 16. The summed E-state index contributed by atoms with van der Waals surface area (Å²) in [5.74, 6) is 4.01. The van der Waals surface area contributed by atoms with E-state index in [1.807, 2.05) is 35.7 Å². The highest BCUT2D eigenvalue weighted by molar-refractivity contribution is 8.00. The Balaban J connectivity index is 1.60. The van der Waals surface area contributed by atoms with Gasteiger partial charge in [-0.15, -0.1) is 23.5 Å². The van der Waals surface area contributed by atoms with Gasteiger partial charge in [0, 0.05) is 57.9 Å². The van der Waals surface area contributed by atoms with Crippen LogP contribution < -0.4 is 4.74 Å². The van der Waals surface area contributed by atoms with Crippen molar-refractivity contribution in [3.05, 3.63) is 71.2 Å². The SMILES string of the molecule is CCCCn1c(-c2ccc(OCCc3ccc(Cl)cc3)cc2)nc2c(SCCN(C)C)cc(SCCN(C)C)cc21. The molecule has 220 valence electrons. The van der Waals surface area contributed by atoms with Crippen molar-refractivity contribution in [2.75, 3.05) is 59.4 Å². The van der Waals surface area contributed by atoms with Gasteiger partial charge in [0.2, 0.25) is 0 Å². The number of imidazole rings is 1. The minimum absolute atomic E-state index is 0.623. The molecule has 0 aliphatic carbocycles. The average molecular weight is 611 g/mol. The lowest BCUT2D eigenvalue weighted by atomic mass is 10.1. The van der Waals surface area contributed by atoms with Crippen LogP contribution in [0.2, 0.25) is 5.02 Å². The maximum absolute atomic E-state index is 6.06. The molecular formula is C33H43ClN4OS2. The maximum Gasteiger partial charge on any atom is 0.141 e. The summed E-state index contributed by atoms with van der Waals surface area (Å²) in [7, 11) is 8.53. The van der Waals surface area contributed by atoms with E-state index in [0.717, 1.165) is 78.1 Å². The van der Waals surface area contributed by atoms with Gasteiger partial charge in [-0.05, 0) is 88.7 Å². The van der Waals surface area contributed by atoms with Gasteiger partial charge < -0.3 is 19.1 Å². The predicted octanol–water partition coefficient (Wildman–Crippen LogP) is 8.09. The van der Waals surface area contributed by atoms with Gasteiger partial charge in [-0.1, -0.05) is 37.1 Å². The number of halogens is 1. The van der Waals surface area contributed by atoms with Crippen LogP contribution in [-0.4, -0.2) is 78.7 Å². The van der Waals surface area contributed by atoms with Crippen LogP contribution in [0.3, 0.4) is 0 Å². The number of benzene rings is 3. The van der Waals surface area contributed by atoms with Gasteiger partial charge in [-0.25, -0.2) is 4.98 Å². The molecular weight excluding hydrogens is 568 g/mol. The first kappa shape index (κ1) is 31.8. The largest absolute Gasteiger partial charge is 0.493 e. The van der Waals surface area contributed by atoms with Crippen LogP contribution in [0.15, 0.2) is 70.5 Å². The first-order valence-electron chi connectivity index (χ1n) is 14.4. The molecule has 0 N–H and O–H groups in total. The Morgan fingerprint density at radius 2 is 1.56 bits per heavy atom. The van der Waals surface area contributed by atoms with E-state index >= 15 is 0 Å². The molecule has 4 rings (SSSR count). The van der Waals surface area contributed by atoms with E-state index in [0.29, 0.717) is 6.61 Å². The summed E-state index contributed by atoms with van der Waals surface area (Å²) in [6.45, 7) is 5.92. The van der Waals surface area contributed by atoms with E-state index in [9.17, 15) is 0 Å². The van der Waals surface area contributed by atoms with Crippen molar-refractivity contribution in [1.29, 1.82) is 0 Å². The van der Waals surface area contributed by atoms with Crippen molar-refractivity contribution < 1.29 is 4.74 Å². The van der Waals surface area contributed by atoms with Crippen LogP contribution in [0.5, 0.6) is 5.75 Å². The van der Waals surface area contributed by atoms with Crippen LogP contribution in [0.1, 0.15) is 25.3 Å². The summed E-state index contributed by atoms with van der Waals surface area (Å²) < 4.78 is 8.50. The van der Waals surface area contributed by atoms with Gasteiger partial charge in [0.1, 0.15) is 17.1 Å². The summed E-state index contributed by atoms with van der Waals surface area (Å²) >= 11 is 9.86. The molecule has 0 saturated carbocycles. The molecule has 0 fully saturated rings. The molecule has 0 amide bonds. The Morgan fingerprint density at radius 3 is 2.22 bits per heavy atom. The van der Waals surface area contributed by atoms with E-state index in [1.165, 1.54) is 20.9 Å². The van der Waals surface area contributed by atoms with E-state index in [1.54, 1.807) is 0 Å². The molecule has 41 heavy (non-hydrogen) atoms. The minimum Gasteiger partial charge on any atom is -0.493 e. The zero-order valence-electron chi connectivity index (χ0n) is 25.0. The first-order valence-corrected chi connectivity index (χ1v) is 16.8. The quantitative estimate of drug-likeness (QED) is 0.119. The molecule has 8 heteroatoms. The molecule has 0 aliphatic heterocycles. The maximum atomic E-state index is 6.06. The smallest absolute Gasteiger partial charge is 0.141 e. The molecule has 3 aromatic carbocycles. The zero-order chi connectivity index (χ0) is 29.2. The Kier molecular flexibility index (Phi) is 12.3. The third-order valence-electron chi connectivity index (χ3n) is 6.82. The molecule has 0 radical (unpaired) electrons. The first-order chi connectivity index (χ1) is 19.8. The number of hydrogen-bond donors (Lipinski definition) is 0. The van der Waals surface area contributed by atoms with Crippen LogP contribution in [0, 0.1) is 0 Å². The highest BCUT2D eigenvalue weighted by Gasteiger charge is 2.17. The van der Waals surface area contributed by atoms with Gasteiger partial charge in [-0.2, -0.15) is 0 Å². The predicted molar refractivity (Wildman–Crippen MR) is 179 cm³/mol. The number of unbranched alkanes of at least 4 members (excludes halogenated alkanes) is 1. The summed E-state index contributed by atoms with van der Waals surface area (Å²) in [6, 6.07) is 21.1. The fourth-order valence-electron chi connectivity index (χ4n) is 4.45. The van der Waals surface area contributed by atoms with Crippen LogP contribution in [0.25, 0.3) is 22.4 Å². The topological polar surface area (TPSA) is 33.5 Å². The van der Waals surface area contributed by atoms with Crippen LogP contribution in [-0.2, 0) is 13.0 Å². The number of ether oxygens (including phenoxy) is 1. The van der Waals surface area contributed by atoms with Crippen LogP contribution >= 0.6 is 35.1 Å². The van der Waals surface area contributed by atoms with Gasteiger partial charge in [0.15, 0.2) is 0 Å². The normalized spacial score (nSPS) is 11.7. The molecule has 0 bridgehead atoms. The van der Waals surface area contributed by atoms with E-state index in [4.69, 9.17) is 21.3 Å². The van der Waals surface area contributed by atoms with Gasteiger partial charge >= 0.3 is 0 Å². The molecule has 1 aromatic heterocycles. The Bertz CT molecular complexity index is 1370. The van der Waals surface area contributed by atoms with Crippen molar-refractivity contribution in [2.24, 2.45) is 0 Å². The van der Waals surface area contributed by atoms with E-state index in [-0.39, 0.29) is 0 Å². The van der Waals surface area contributed by atoms with Gasteiger partial charge in [-0.3, -0.25) is 0 Å². The average Bonchev–Trinajstić information content (AvgIpc) is 3.31. The Labute approximate surface area is 259 Å². The minimum atomic E-state index is 0.623. The number of hydrogen-bond acceptors (Lipinski definition) is 6. The standard InChI is InChI=1S/C33H43ClN4OS2/c1-6-7-17-38-30-23-29(40-21-18-36(2)3)24-31(41-22-19-37(4)5)32(30)35-33(38)26-10-14-28(15-11-26)39-20-16-25-8-12-27(34)13-9-25/h8-15,23-24H,6-7,16-22H2,1-5H3. The molecule has 0 saturated heterocycles.